The van der Waals surface area contributed by atoms with Gasteiger partial charge in [-0.05, 0) is 24.1 Å². The van der Waals surface area contributed by atoms with Gasteiger partial charge in [0, 0.05) is 0 Å². The number of sulfonamides is 1. The first kappa shape index (κ1) is 15.1. The van der Waals surface area contributed by atoms with Crippen LogP contribution in [-0.2, 0) is 21.2 Å². The largest absolute Gasteiger partial charge is 0.480 e. The van der Waals surface area contributed by atoms with Crippen LogP contribution in [0.4, 0.5) is 0 Å². The van der Waals surface area contributed by atoms with Crippen LogP contribution in [0, 0.1) is 11.3 Å². The van der Waals surface area contributed by atoms with Crippen molar-refractivity contribution < 1.29 is 18.3 Å². The van der Waals surface area contributed by atoms with Crippen LogP contribution in [0.5, 0.6) is 0 Å². The monoisotopic (exact) mass is 282 g/mol. The summed E-state index contributed by atoms with van der Waals surface area (Å²) in [6, 6.07) is 6.56. The van der Waals surface area contributed by atoms with Crippen molar-refractivity contribution in [2.24, 2.45) is 0 Å². The van der Waals surface area contributed by atoms with Crippen molar-refractivity contribution in [3.8, 4) is 6.07 Å². The molecule has 1 atom stereocenters. The van der Waals surface area contributed by atoms with E-state index in [4.69, 9.17) is 10.4 Å². The minimum atomic E-state index is -3.86. The molecule has 0 amide bonds. The molecule has 0 aliphatic heterocycles. The molecule has 0 radical (unpaired) electrons. The van der Waals surface area contributed by atoms with Crippen LogP contribution < -0.4 is 4.72 Å². The maximum Gasteiger partial charge on any atom is 0.321 e. The van der Waals surface area contributed by atoms with Crippen LogP contribution >= 0.6 is 0 Å². The van der Waals surface area contributed by atoms with E-state index in [0.717, 1.165) is 0 Å². The predicted octanol–water partition coefficient (Wildman–Crippen LogP) is 0.894. The number of nitriles is 1. The Bertz CT molecular complexity index is 587. The van der Waals surface area contributed by atoms with Crippen LogP contribution in [0.1, 0.15) is 18.9 Å². The van der Waals surface area contributed by atoms with Crippen LogP contribution in [0.3, 0.4) is 0 Å². The van der Waals surface area contributed by atoms with Gasteiger partial charge in [-0.15, -0.1) is 0 Å². The summed E-state index contributed by atoms with van der Waals surface area (Å²) in [5.41, 5.74) is 0.701. The first-order valence-corrected chi connectivity index (χ1v) is 7.10. The summed E-state index contributed by atoms with van der Waals surface area (Å²) in [4.78, 5) is 10.8. The van der Waals surface area contributed by atoms with Gasteiger partial charge in [-0.2, -0.15) is 9.98 Å². The number of hydrogen-bond acceptors (Lipinski definition) is 4. The Labute approximate surface area is 111 Å². The molecule has 0 aliphatic rings. The second-order valence-corrected chi connectivity index (χ2v) is 5.61. The lowest BCUT2D eigenvalue weighted by Crippen LogP contribution is -2.40. The van der Waals surface area contributed by atoms with Gasteiger partial charge in [0.1, 0.15) is 6.04 Å². The SMILES string of the molecule is CC[C@@H](NS(=O)(=O)c1ccc(CC#N)cc1)C(=O)O. The summed E-state index contributed by atoms with van der Waals surface area (Å²) in [7, 11) is -3.86. The summed E-state index contributed by atoms with van der Waals surface area (Å²) in [5, 5.41) is 17.3. The first-order valence-electron chi connectivity index (χ1n) is 5.61. The number of carbonyl (C=O) groups is 1. The molecule has 0 heterocycles. The summed E-state index contributed by atoms with van der Waals surface area (Å²) < 4.78 is 26.0. The number of carboxylic acids is 1. The molecule has 0 bridgehead atoms. The Morgan fingerprint density at radius 3 is 2.42 bits per heavy atom. The van der Waals surface area contributed by atoms with Crippen molar-refractivity contribution in [1.29, 1.82) is 5.26 Å². The van der Waals surface area contributed by atoms with E-state index >= 15 is 0 Å². The Balaban J connectivity index is 2.94. The zero-order valence-electron chi connectivity index (χ0n) is 10.3. The average Bonchev–Trinajstić information content (AvgIpc) is 2.37. The van der Waals surface area contributed by atoms with Crippen LogP contribution in [0.25, 0.3) is 0 Å². The van der Waals surface area contributed by atoms with E-state index in [-0.39, 0.29) is 17.7 Å². The molecule has 102 valence electrons. The molecule has 0 aromatic heterocycles. The van der Waals surface area contributed by atoms with Gasteiger partial charge >= 0.3 is 5.97 Å². The molecule has 2 N–H and O–H groups in total. The highest BCUT2D eigenvalue weighted by Crippen LogP contribution is 2.12. The zero-order chi connectivity index (χ0) is 14.5. The van der Waals surface area contributed by atoms with E-state index in [1.807, 2.05) is 6.07 Å². The zero-order valence-corrected chi connectivity index (χ0v) is 11.1. The van der Waals surface area contributed by atoms with Crippen molar-refractivity contribution in [2.45, 2.75) is 30.7 Å². The van der Waals surface area contributed by atoms with Crippen molar-refractivity contribution in [2.75, 3.05) is 0 Å². The van der Waals surface area contributed by atoms with E-state index < -0.39 is 22.0 Å². The minimum absolute atomic E-state index is 0.0195. The highest BCUT2D eigenvalue weighted by Gasteiger charge is 2.23. The van der Waals surface area contributed by atoms with E-state index in [1.54, 1.807) is 6.92 Å². The summed E-state index contributed by atoms with van der Waals surface area (Å²) >= 11 is 0. The molecular formula is C12H14N2O4S. The maximum absolute atomic E-state index is 11.9. The molecular weight excluding hydrogens is 268 g/mol. The smallest absolute Gasteiger partial charge is 0.321 e. The molecule has 7 heteroatoms. The van der Waals surface area contributed by atoms with Gasteiger partial charge in [0.2, 0.25) is 10.0 Å². The van der Waals surface area contributed by atoms with Crippen molar-refractivity contribution in [3.63, 3.8) is 0 Å². The predicted molar refractivity (Wildman–Crippen MR) is 67.8 cm³/mol. The van der Waals surface area contributed by atoms with Crippen LogP contribution in [0.15, 0.2) is 29.2 Å². The number of carboxylic acid groups (broad SMARTS) is 1. The Morgan fingerprint density at radius 2 is 2.00 bits per heavy atom. The fourth-order valence-electron chi connectivity index (χ4n) is 1.44. The second kappa shape index (κ2) is 6.31. The third-order valence-electron chi connectivity index (χ3n) is 2.52. The van der Waals surface area contributed by atoms with Gasteiger partial charge < -0.3 is 5.11 Å². The Kier molecular flexibility index (Phi) is 5.03. The van der Waals surface area contributed by atoms with E-state index in [1.165, 1.54) is 24.3 Å². The molecule has 0 spiro atoms. The fourth-order valence-corrected chi connectivity index (χ4v) is 2.71. The third-order valence-corrected chi connectivity index (χ3v) is 4.01. The lowest BCUT2D eigenvalue weighted by atomic mass is 10.2. The molecule has 0 saturated carbocycles. The number of nitrogens with zero attached hydrogens (tertiary/aromatic N) is 1. The average molecular weight is 282 g/mol. The standard InChI is InChI=1S/C12H14N2O4S/c1-2-11(12(15)16)14-19(17,18)10-5-3-9(4-6-10)7-8-13/h3-6,11,14H,2,7H2,1H3,(H,15,16)/t11-/m1/s1. The molecule has 6 nitrogen and oxygen atoms in total. The summed E-state index contributed by atoms with van der Waals surface area (Å²) in [6.07, 6.45) is 0.349. The number of rotatable bonds is 6. The normalized spacial score (nSPS) is 12.6. The lowest BCUT2D eigenvalue weighted by molar-refractivity contribution is -0.139. The fraction of sp³-hybridized carbons (Fsp3) is 0.333. The maximum atomic E-state index is 11.9. The highest BCUT2D eigenvalue weighted by atomic mass is 32.2. The molecule has 19 heavy (non-hydrogen) atoms. The molecule has 0 fully saturated rings. The third kappa shape index (κ3) is 4.05. The van der Waals surface area contributed by atoms with Crippen LogP contribution in [0.2, 0.25) is 0 Å². The number of hydrogen-bond donors (Lipinski definition) is 2. The molecule has 0 saturated heterocycles. The van der Waals surface area contributed by atoms with Gasteiger partial charge in [-0.3, -0.25) is 4.79 Å². The number of nitrogens with one attached hydrogen (secondary N) is 1. The van der Waals surface area contributed by atoms with Gasteiger partial charge in [0.15, 0.2) is 0 Å². The number of benzene rings is 1. The Hall–Kier alpha value is -1.91. The van der Waals surface area contributed by atoms with Crippen molar-refractivity contribution in [1.82, 2.24) is 4.72 Å². The highest BCUT2D eigenvalue weighted by molar-refractivity contribution is 7.89. The van der Waals surface area contributed by atoms with Crippen LogP contribution in [-0.4, -0.2) is 25.5 Å². The minimum Gasteiger partial charge on any atom is -0.480 e. The Morgan fingerprint density at radius 1 is 1.42 bits per heavy atom. The lowest BCUT2D eigenvalue weighted by Gasteiger charge is -2.12. The molecule has 1 aromatic rings. The molecule has 0 aliphatic carbocycles. The van der Waals surface area contributed by atoms with Gasteiger partial charge in [0.25, 0.3) is 0 Å². The first-order chi connectivity index (χ1) is 8.90. The van der Waals surface area contributed by atoms with Gasteiger partial charge in [0.05, 0.1) is 17.4 Å². The van der Waals surface area contributed by atoms with Gasteiger partial charge in [-0.25, -0.2) is 8.42 Å². The van der Waals surface area contributed by atoms with E-state index in [9.17, 15) is 13.2 Å². The molecule has 1 aromatic carbocycles. The quantitative estimate of drug-likeness (QED) is 0.805. The summed E-state index contributed by atoms with van der Waals surface area (Å²) in [6.45, 7) is 1.58. The molecule has 0 unspecified atom stereocenters. The second-order valence-electron chi connectivity index (χ2n) is 3.90. The van der Waals surface area contributed by atoms with E-state index in [2.05, 4.69) is 4.72 Å². The van der Waals surface area contributed by atoms with Crippen molar-refractivity contribution in [3.05, 3.63) is 29.8 Å². The van der Waals surface area contributed by atoms with E-state index in [0.29, 0.717) is 5.56 Å². The topological polar surface area (TPSA) is 107 Å². The number of aliphatic carboxylic acids is 1. The molecule has 1 rings (SSSR count). The summed E-state index contributed by atoms with van der Waals surface area (Å²) in [5.74, 6) is -1.22. The van der Waals surface area contributed by atoms with Crippen molar-refractivity contribution >= 4 is 16.0 Å². The van der Waals surface area contributed by atoms with Gasteiger partial charge in [-0.1, -0.05) is 19.1 Å².